The molecule has 3 heteroatoms. The summed E-state index contributed by atoms with van der Waals surface area (Å²) in [5.41, 5.74) is 1.66. The molecule has 0 radical (unpaired) electrons. The highest BCUT2D eigenvalue weighted by Crippen LogP contribution is 2.18. The third-order valence-electron chi connectivity index (χ3n) is 2.23. The van der Waals surface area contributed by atoms with Crippen LogP contribution in [0.25, 0.3) is 11.3 Å². The van der Waals surface area contributed by atoms with Crippen molar-refractivity contribution in [3.63, 3.8) is 0 Å². The molecule has 0 aliphatic heterocycles. The highest BCUT2D eigenvalue weighted by atomic mass is 19.1. The Morgan fingerprint density at radius 2 is 1.94 bits per heavy atom. The average molecular weight is 215 g/mol. The molecule has 80 valence electrons. The number of hydrogen-bond donors (Lipinski definition) is 0. The normalized spacial score (nSPS) is 10.1. The number of Topliss-reactive ketones (excluding diaryl/α,β-unsaturated/α-hetero) is 1. The standard InChI is InChI=1S/C13H10FNO/c1-9(16)12-6-3-7-13(15-12)10-4-2-5-11(14)8-10/h2-8H,1H3. The Labute approximate surface area is 92.8 Å². The van der Waals surface area contributed by atoms with E-state index in [2.05, 4.69) is 4.98 Å². The molecule has 2 rings (SSSR count). The molecule has 2 nitrogen and oxygen atoms in total. The number of carbonyl (C=O) groups is 1. The fourth-order valence-electron chi connectivity index (χ4n) is 1.44. The zero-order valence-corrected chi connectivity index (χ0v) is 8.77. The van der Waals surface area contributed by atoms with Crippen LogP contribution in [-0.2, 0) is 0 Å². The lowest BCUT2D eigenvalue weighted by atomic mass is 10.1. The molecular weight excluding hydrogens is 205 g/mol. The van der Waals surface area contributed by atoms with E-state index >= 15 is 0 Å². The van der Waals surface area contributed by atoms with E-state index in [1.54, 1.807) is 30.3 Å². The molecule has 0 aliphatic carbocycles. The molecule has 0 bridgehead atoms. The van der Waals surface area contributed by atoms with Gasteiger partial charge in [0.25, 0.3) is 0 Å². The minimum Gasteiger partial charge on any atom is -0.293 e. The number of aromatic nitrogens is 1. The summed E-state index contributed by atoms with van der Waals surface area (Å²) in [5.74, 6) is -0.411. The predicted octanol–water partition coefficient (Wildman–Crippen LogP) is 3.09. The van der Waals surface area contributed by atoms with Gasteiger partial charge in [-0.15, -0.1) is 0 Å². The van der Waals surface area contributed by atoms with Gasteiger partial charge in [0, 0.05) is 12.5 Å². The van der Waals surface area contributed by atoms with E-state index in [1.807, 2.05) is 0 Å². The SMILES string of the molecule is CC(=O)c1cccc(-c2cccc(F)c2)n1. The Bertz CT molecular complexity index is 537. The zero-order chi connectivity index (χ0) is 11.5. The second-order valence-corrected chi connectivity index (χ2v) is 3.47. The number of nitrogens with zero attached hydrogens (tertiary/aromatic N) is 1. The van der Waals surface area contributed by atoms with E-state index in [0.717, 1.165) is 0 Å². The van der Waals surface area contributed by atoms with Crippen LogP contribution < -0.4 is 0 Å². The first kappa shape index (κ1) is 10.5. The maximum absolute atomic E-state index is 13.0. The number of benzene rings is 1. The van der Waals surface area contributed by atoms with Gasteiger partial charge in [0.1, 0.15) is 11.5 Å². The molecule has 0 unspecified atom stereocenters. The average Bonchev–Trinajstić information content (AvgIpc) is 2.29. The number of ketones is 1. The van der Waals surface area contributed by atoms with Crippen LogP contribution in [0.1, 0.15) is 17.4 Å². The first-order chi connectivity index (χ1) is 7.66. The Kier molecular flexibility index (Phi) is 2.77. The summed E-state index contributed by atoms with van der Waals surface area (Å²) in [6.45, 7) is 1.46. The number of rotatable bonds is 2. The fourth-order valence-corrected chi connectivity index (χ4v) is 1.44. The summed E-state index contributed by atoms with van der Waals surface area (Å²) in [6.07, 6.45) is 0. The molecular formula is C13H10FNO. The van der Waals surface area contributed by atoms with Gasteiger partial charge in [-0.2, -0.15) is 0 Å². The van der Waals surface area contributed by atoms with Gasteiger partial charge < -0.3 is 0 Å². The highest BCUT2D eigenvalue weighted by molar-refractivity contribution is 5.92. The summed E-state index contributed by atoms with van der Waals surface area (Å²) in [7, 11) is 0. The van der Waals surface area contributed by atoms with E-state index in [9.17, 15) is 9.18 Å². The van der Waals surface area contributed by atoms with Crippen molar-refractivity contribution in [2.24, 2.45) is 0 Å². The van der Waals surface area contributed by atoms with Crippen molar-refractivity contribution in [2.45, 2.75) is 6.92 Å². The maximum Gasteiger partial charge on any atom is 0.178 e. The van der Waals surface area contributed by atoms with Gasteiger partial charge in [-0.05, 0) is 24.3 Å². The lowest BCUT2D eigenvalue weighted by Crippen LogP contribution is -1.97. The zero-order valence-electron chi connectivity index (χ0n) is 8.77. The van der Waals surface area contributed by atoms with E-state index in [4.69, 9.17) is 0 Å². The third-order valence-corrected chi connectivity index (χ3v) is 2.23. The molecule has 0 saturated heterocycles. The van der Waals surface area contributed by atoms with Crippen molar-refractivity contribution >= 4 is 5.78 Å². The first-order valence-electron chi connectivity index (χ1n) is 4.91. The molecule has 0 spiro atoms. The van der Waals surface area contributed by atoms with Crippen LogP contribution in [-0.4, -0.2) is 10.8 Å². The van der Waals surface area contributed by atoms with Crippen molar-refractivity contribution in [1.29, 1.82) is 0 Å². The van der Waals surface area contributed by atoms with Crippen LogP contribution in [0, 0.1) is 5.82 Å². The molecule has 2 aromatic rings. The van der Waals surface area contributed by atoms with Crippen LogP contribution in [0.5, 0.6) is 0 Å². The van der Waals surface area contributed by atoms with Crippen molar-refractivity contribution in [3.8, 4) is 11.3 Å². The Morgan fingerprint density at radius 1 is 1.19 bits per heavy atom. The van der Waals surface area contributed by atoms with Crippen LogP contribution in [0.4, 0.5) is 4.39 Å². The quantitative estimate of drug-likeness (QED) is 0.720. The summed E-state index contributed by atoms with van der Waals surface area (Å²) in [6, 6.07) is 11.3. The number of halogens is 1. The third kappa shape index (κ3) is 2.14. The van der Waals surface area contributed by atoms with Crippen LogP contribution >= 0.6 is 0 Å². The van der Waals surface area contributed by atoms with Crippen molar-refractivity contribution < 1.29 is 9.18 Å². The molecule has 0 N–H and O–H groups in total. The van der Waals surface area contributed by atoms with Gasteiger partial charge in [0.05, 0.1) is 5.69 Å². The van der Waals surface area contributed by atoms with Crippen LogP contribution in [0.3, 0.4) is 0 Å². The monoisotopic (exact) mass is 215 g/mol. The maximum atomic E-state index is 13.0. The molecule has 0 saturated carbocycles. The molecule has 0 atom stereocenters. The first-order valence-corrected chi connectivity index (χ1v) is 4.91. The second kappa shape index (κ2) is 4.23. The topological polar surface area (TPSA) is 30.0 Å². The van der Waals surface area contributed by atoms with Crippen molar-refractivity contribution in [1.82, 2.24) is 4.98 Å². The van der Waals surface area contributed by atoms with Crippen molar-refractivity contribution in [2.75, 3.05) is 0 Å². The van der Waals surface area contributed by atoms with E-state index in [1.165, 1.54) is 19.1 Å². The molecule has 1 aromatic heterocycles. The molecule has 1 aromatic carbocycles. The van der Waals surface area contributed by atoms with E-state index < -0.39 is 0 Å². The summed E-state index contributed by atoms with van der Waals surface area (Å²) >= 11 is 0. The van der Waals surface area contributed by atoms with E-state index in [0.29, 0.717) is 17.0 Å². The minimum absolute atomic E-state index is 0.0988. The molecule has 0 amide bonds. The molecule has 0 fully saturated rings. The minimum atomic E-state index is -0.312. The summed E-state index contributed by atoms with van der Waals surface area (Å²) in [4.78, 5) is 15.3. The van der Waals surface area contributed by atoms with Gasteiger partial charge in [-0.3, -0.25) is 4.79 Å². The van der Waals surface area contributed by atoms with Gasteiger partial charge in [-0.1, -0.05) is 18.2 Å². The Balaban J connectivity index is 2.48. The number of carbonyl (C=O) groups excluding carboxylic acids is 1. The molecule has 0 aliphatic rings. The summed E-state index contributed by atoms with van der Waals surface area (Å²) in [5, 5.41) is 0. The fraction of sp³-hybridized carbons (Fsp3) is 0.0769. The van der Waals surface area contributed by atoms with Crippen molar-refractivity contribution in [3.05, 3.63) is 54.0 Å². The highest BCUT2D eigenvalue weighted by Gasteiger charge is 2.04. The number of hydrogen-bond acceptors (Lipinski definition) is 2. The van der Waals surface area contributed by atoms with Crippen LogP contribution in [0.15, 0.2) is 42.5 Å². The molecule has 16 heavy (non-hydrogen) atoms. The predicted molar refractivity (Wildman–Crippen MR) is 59.6 cm³/mol. The largest absolute Gasteiger partial charge is 0.293 e. The number of pyridine rings is 1. The summed E-state index contributed by atoms with van der Waals surface area (Å²) < 4.78 is 13.0. The lowest BCUT2D eigenvalue weighted by Gasteiger charge is -2.02. The van der Waals surface area contributed by atoms with Gasteiger partial charge >= 0.3 is 0 Å². The lowest BCUT2D eigenvalue weighted by molar-refractivity contribution is 0.101. The van der Waals surface area contributed by atoms with Gasteiger partial charge in [0.15, 0.2) is 5.78 Å². The second-order valence-electron chi connectivity index (χ2n) is 3.47. The van der Waals surface area contributed by atoms with Gasteiger partial charge in [0.2, 0.25) is 0 Å². The van der Waals surface area contributed by atoms with E-state index in [-0.39, 0.29) is 11.6 Å². The smallest absolute Gasteiger partial charge is 0.178 e. The Hall–Kier alpha value is -2.03. The van der Waals surface area contributed by atoms with Gasteiger partial charge in [-0.25, -0.2) is 9.37 Å². The Morgan fingerprint density at radius 3 is 2.62 bits per heavy atom. The van der Waals surface area contributed by atoms with Crippen LogP contribution in [0.2, 0.25) is 0 Å². The molecule has 1 heterocycles.